The standard InChI is InChI=1S/C46H58Cl2N2O6/c1-5-25-49(26-6-2)43(33-37-31-39(47)19-21-41(37)53-29-23-35-15-11-9-12-16-35)55-45(51)46(52)56-44(50(27-7-3)28-8-4)34-38-32-40(48)20-22-42(38)54-30-24-36-17-13-10-14-18-36/h9-22,31-32,43-44H,5-8,23-30,33-34H2,1-4H3. The van der Waals surface area contributed by atoms with Crippen LogP contribution >= 0.6 is 23.2 Å². The van der Waals surface area contributed by atoms with E-state index in [9.17, 15) is 9.59 Å². The smallest absolute Gasteiger partial charge is 0.419 e. The molecule has 0 aliphatic heterocycles. The molecule has 0 spiro atoms. The summed E-state index contributed by atoms with van der Waals surface area (Å²) in [4.78, 5) is 31.8. The monoisotopic (exact) mass is 804 g/mol. The molecule has 0 saturated carbocycles. The number of rotatable bonds is 24. The van der Waals surface area contributed by atoms with Gasteiger partial charge in [-0.1, -0.05) is 112 Å². The molecule has 0 aliphatic rings. The second-order valence-corrected chi connectivity index (χ2v) is 14.7. The maximum Gasteiger partial charge on any atom is 0.419 e. The Morgan fingerprint density at radius 2 is 0.893 bits per heavy atom. The molecule has 0 bridgehead atoms. The Hall–Kier alpha value is -4.08. The van der Waals surface area contributed by atoms with Crippen molar-refractivity contribution in [3.05, 3.63) is 129 Å². The second kappa shape index (κ2) is 24.5. The quantitative estimate of drug-likeness (QED) is 0.0394. The van der Waals surface area contributed by atoms with Gasteiger partial charge in [-0.05, 0) is 73.2 Å². The topological polar surface area (TPSA) is 77.5 Å². The van der Waals surface area contributed by atoms with Crippen LogP contribution in [-0.2, 0) is 44.7 Å². The summed E-state index contributed by atoms with van der Waals surface area (Å²) in [6, 6.07) is 31.2. The minimum atomic E-state index is -1.05. The van der Waals surface area contributed by atoms with Gasteiger partial charge in [0.05, 0.1) is 13.2 Å². The van der Waals surface area contributed by atoms with Gasteiger partial charge in [-0.2, -0.15) is 0 Å². The number of hydrogen-bond acceptors (Lipinski definition) is 8. The van der Waals surface area contributed by atoms with E-state index in [0.717, 1.165) is 49.7 Å². The highest BCUT2D eigenvalue weighted by atomic mass is 35.5. The van der Waals surface area contributed by atoms with Gasteiger partial charge >= 0.3 is 11.9 Å². The molecule has 4 aromatic carbocycles. The molecule has 0 heterocycles. The van der Waals surface area contributed by atoms with Crippen LogP contribution in [0.1, 0.15) is 75.6 Å². The van der Waals surface area contributed by atoms with E-state index in [0.29, 0.717) is 60.9 Å². The SMILES string of the molecule is CCCN(CCC)C(Cc1cc(Cl)ccc1OCCc1ccccc1)OC(=O)C(=O)OC(Cc1cc(Cl)ccc1OCCc1ccccc1)N(CCC)CCC. The number of carbonyl (C=O) groups is 2. The zero-order chi connectivity index (χ0) is 40.1. The first-order valence-corrected chi connectivity index (χ1v) is 20.8. The van der Waals surface area contributed by atoms with Gasteiger partial charge in [-0.15, -0.1) is 0 Å². The number of esters is 2. The van der Waals surface area contributed by atoms with E-state index in [1.807, 2.05) is 60.7 Å². The summed E-state index contributed by atoms with van der Waals surface area (Å²) >= 11 is 13.0. The molecule has 56 heavy (non-hydrogen) atoms. The van der Waals surface area contributed by atoms with Gasteiger partial charge in [0.25, 0.3) is 0 Å². The van der Waals surface area contributed by atoms with E-state index in [1.165, 1.54) is 11.1 Å². The van der Waals surface area contributed by atoms with E-state index >= 15 is 0 Å². The summed E-state index contributed by atoms with van der Waals surface area (Å²) in [5.41, 5.74) is 3.90. The molecule has 4 aromatic rings. The van der Waals surface area contributed by atoms with Crippen LogP contribution in [0.3, 0.4) is 0 Å². The molecule has 2 unspecified atom stereocenters. The average molecular weight is 806 g/mol. The van der Waals surface area contributed by atoms with Gasteiger partial charge in [-0.25, -0.2) is 9.59 Å². The maximum atomic E-state index is 13.8. The molecule has 10 heteroatoms. The molecule has 0 fully saturated rings. The number of hydrogen-bond donors (Lipinski definition) is 0. The first-order valence-electron chi connectivity index (χ1n) is 20.0. The normalized spacial score (nSPS) is 12.4. The second-order valence-electron chi connectivity index (χ2n) is 13.9. The Balaban J connectivity index is 1.54. The third-order valence-corrected chi connectivity index (χ3v) is 9.80. The predicted octanol–water partition coefficient (Wildman–Crippen LogP) is 10.0. The van der Waals surface area contributed by atoms with Crippen molar-refractivity contribution in [2.24, 2.45) is 0 Å². The van der Waals surface area contributed by atoms with Gasteiger partial charge in [0.15, 0.2) is 12.5 Å². The van der Waals surface area contributed by atoms with E-state index in [-0.39, 0.29) is 12.8 Å². The summed E-state index contributed by atoms with van der Waals surface area (Å²) in [7, 11) is 0. The van der Waals surface area contributed by atoms with E-state index < -0.39 is 24.4 Å². The average Bonchev–Trinajstić information content (AvgIpc) is 3.19. The van der Waals surface area contributed by atoms with Crippen molar-refractivity contribution in [1.82, 2.24) is 9.80 Å². The number of carbonyl (C=O) groups excluding carboxylic acids is 2. The first-order chi connectivity index (χ1) is 27.2. The zero-order valence-corrected chi connectivity index (χ0v) is 34.9. The number of benzene rings is 4. The minimum Gasteiger partial charge on any atom is -0.493 e. The fraction of sp³-hybridized carbons (Fsp3) is 0.435. The molecule has 4 rings (SSSR count). The Labute approximate surface area is 344 Å². The molecular weight excluding hydrogens is 747 g/mol. The van der Waals surface area contributed by atoms with Crippen LogP contribution in [0.4, 0.5) is 0 Å². The highest BCUT2D eigenvalue weighted by Gasteiger charge is 2.32. The van der Waals surface area contributed by atoms with Gasteiger partial charge < -0.3 is 18.9 Å². The van der Waals surface area contributed by atoms with Gasteiger partial charge in [0.1, 0.15) is 11.5 Å². The van der Waals surface area contributed by atoms with Crippen molar-refractivity contribution in [2.75, 3.05) is 39.4 Å². The Bertz CT molecular complexity index is 1620. The summed E-state index contributed by atoms with van der Waals surface area (Å²) in [5.74, 6) is -0.798. The lowest BCUT2D eigenvalue weighted by atomic mass is 10.1. The van der Waals surface area contributed by atoms with Gasteiger partial charge in [0.2, 0.25) is 0 Å². The molecule has 8 nitrogen and oxygen atoms in total. The van der Waals surface area contributed by atoms with Gasteiger partial charge in [-0.3, -0.25) is 9.80 Å². The van der Waals surface area contributed by atoms with Crippen molar-refractivity contribution in [3.63, 3.8) is 0 Å². The summed E-state index contributed by atoms with van der Waals surface area (Å²) < 4.78 is 24.7. The van der Waals surface area contributed by atoms with Crippen molar-refractivity contribution >= 4 is 35.1 Å². The number of halogens is 2. The molecule has 0 saturated heterocycles. The first kappa shape index (κ1) is 44.6. The van der Waals surface area contributed by atoms with E-state index in [4.69, 9.17) is 42.1 Å². The molecule has 0 amide bonds. The molecule has 0 aliphatic carbocycles. The summed E-state index contributed by atoms with van der Waals surface area (Å²) in [6.07, 6.45) is 3.80. The minimum absolute atomic E-state index is 0.271. The van der Waals surface area contributed by atoms with Crippen molar-refractivity contribution in [1.29, 1.82) is 0 Å². The summed E-state index contributed by atoms with van der Waals surface area (Å²) in [6.45, 7) is 11.9. The third-order valence-electron chi connectivity index (χ3n) is 9.33. The largest absolute Gasteiger partial charge is 0.493 e. The molecule has 302 valence electrons. The van der Waals surface area contributed by atoms with E-state index in [1.54, 1.807) is 12.1 Å². The molecule has 2 atom stereocenters. The van der Waals surface area contributed by atoms with Crippen LogP contribution in [0, 0.1) is 0 Å². The molecule has 0 N–H and O–H groups in total. The van der Waals surface area contributed by atoms with Crippen LogP contribution < -0.4 is 9.47 Å². The number of nitrogens with zero attached hydrogens (tertiary/aromatic N) is 2. The highest BCUT2D eigenvalue weighted by molar-refractivity contribution is 6.31. The van der Waals surface area contributed by atoms with Crippen LogP contribution in [0.15, 0.2) is 97.1 Å². The lowest BCUT2D eigenvalue weighted by molar-refractivity contribution is -0.185. The maximum absolute atomic E-state index is 13.8. The third kappa shape index (κ3) is 14.8. The van der Waals surface area contributed by atoms with Crippen LogP contribution in [-0.4, -0.2) is 73.6 Å². The predicted molar refractivity (Wildman–Crippen MR) is 226 cm³/mol. The van der Waals surface area contributed by atoms with Crippen molar-refractivity contribution in [2.45, 2.75) is 91.5 Å². The highest BCUT2D eigenvalue weighted by Crippen LogP contribution is 2.28. The van der Waals surface area contributed by atoms with Crippen LogP contribution in [0.2, 0.25) is 10.0 Å². The Morgan fingerprint density at radius 3 is 1.23 bits per heavy atom. The molecular formula is C46H58Cl2N2O6. The molecule has 0 aromatic heterocycles. The zero-order valence-electron chi connectivity index (χ0n) is 33.4. The van der Waals surface area contributed by atoms with Gasteiger partial charge in [0, 0.05) is 73.0 Å². The fourth-order valence-electron chi connectivity index (χ4n) is 6.70. The molecule has 0 radical (unpaired) electrons. The van der Waals surface area contributed by atoms with E-state index in [2.05, 4.69) is 61.8 Å². The number of ether oxygens (including phenoxy) is 4. The summed E-state index contributed by atoms with van der Waals surface area (Å²) in [5, 5.41) is 1.08. The Kier molecular flexibility index (Phi) is 19.6. The lowest BCUT2D eigenvalue weighted by Gasteiger charge is -2.33. The van der Waals surface area contributed by atoms with Crippen LogP contribution in [0.25, 0.3) is 0 Å². The lowest BCUT2D eigenvalue weighted by Crippen LogP contribution is -2.45. The van der Waals surface area contributed by atoms with Crippen molar-refractivity contribution in [3.8, 4) is 11.5 Å². The van der Waals surface area contributed by atoms with Crippen LogP contribution in [0.5, 0.6) is 11.5 Å². The van der Waals surface area contributed by atoms with Crippen molar-refractivity contribution < 1.29 is 28.5 Å². The fourth-order valence-corrected chi connectivity index (χ4v) is 7.09. The Morgan fingerprint density at radius 1 is 0.536 bits per heavy atom.